The molecule has 0 aliphatic carbocycles. The number of anilines is 1. The molecular formula is C33H33Cl2N3O6S. The van der Waals surface area contributed by atoms with Crippen LogP contribution in [0.15, 0.2) is 83.8 Å². The summed E-state index contributed by atoms with van der Waals surface area (Å²) < 4.78 is 29.0. The maximum atomic E-state index is 14.0. The van der Waals surface area contributed by atoms with Crippen LogP contribution >= 0.6 is 23.2 Å². The lowest BCUT2D eigenvalue weighted by molar-refractivity contribution is -0.138. The zero-order chi connectivity index (χ0) is 32.9. The van der Waals surface area contributed by atoms with Gasteiger partial charge in [-0.05, 0) is 71.3 Å². The van der Waals surface area contributed by atoms with Crippen LogP contribution in [-0.4, -0.2) is 56.3 Å². The van der Waals surface area contributed by atoms with E-state index < -0.39 is 22.0 Å². The molecule has 9 nitrogen and oxygen atoms in total. The molecule has 4 rings (SSSR count). The summed E-state index contributed by atoms with van der Waals surface area (Å²) >= 11 is 12.2. The van der Waals surface area contributed by atoms with Crippen LogP contribution in [-0.2, 0) is 21.4 Å². The van der Waals surface area contributed by atoms with Crippen molar-refractivity contribution in [2.45, 2.75) is 43.7 Å². The van der Waals surface area contributed by atoms with Crippen LogP contribution < -0.4 is 9.62 Å². The molecule has 1 unspecified atom stereocenters. The van der Waals surface area contributed by atoms with Crippen molar-refractivity contribution >= 4 is 67.5 Å². The lowest BCUT2D eigenvalue weighted by atomic mass is 10.0. The van der Waals surface area contributed by atoms with Gasteiger partial charge in [0.2, 0.25) is 0 Å². The maximum absolute atomic E-state index is 14.0. The van der Waals surface area contributed by atoms with Gasteiger partial charge >= 0.3 is 5.97 Å². The van der Waals surface area contributed by atoms with E-state index >= 15 is 0 Å². The summed E-state index contributed by atoms with van der Waals surface area (Å²) in [6.07, 6.45) is 1.21. The standard InChI is InChI=1S/C33H33Cl2N3O6S/c1-4-5-12-30(33(41)42)38(45(43,44)27-18-24(34)17-25(35)19-27)26-13-14-28-22(16-26)9-7-11-29(28)31(39)36-20-21-8-6-10-23(15-21)32(40)37(2)3/h6-11,13-19,30H,4-5,12,20H2,1-3H3,(H,36,39)(H,41,42). The Morgan fingerprint density at radius 1 is 0.911 bits per heavy atom. The highest BCUT2D eigenvalue weighted by Gasteiger charge is 2.36. The molecule has 0 spiro atoms. The normalized spacial score (nSPS) is 12.0. The van der Waals surface area contributed by atoms with Crippen LogP contribution in [0.2, 0.25) is 10.0 Å². The van der Waals surface area contributed by atoms with Crippen LogP contribution in [0.25, 0.3) is 10.8 Å². The van der Waals surface area contributed by atoms with Crippen molar-refractivity contribution in [3.8, 4) is 0 Å². The number of hydrogen-bond acceptors (Lipinski definition) is 5. The Balaban J connectivity index is 1.72. The second kappa shape index (κ2) is 14.3. The van der Waals surface area contributed by atoms with Crippen molar-refractivity contribution in [2.75, 3.05) is 18.4 Å². The molecule has 1 atom stereocenters. The molecule has 0 radical (unpaired) electrons. The SMILES string of the molecule is CCCCC(C(=O)O)N(c1ccc2c(C(=O)NCc3cccc(C(=O)N(C)C)c3)cccc2c1)S(=O)(=O)c1cc(Cl)cc(Cl)c1. The molecule has 2 N–H and O–H groups in total. The number of nitrogens with zero attached hydrogens (tertiary/aromatic N) is 2. The van der Waals surface area contributed by atoms with Gasteiger partial charge in [0.25, 0.3) is 21.8 Å². The highest BCUT2D eigenvalue weighted by Crippen LogP contribution is 2.34. The second-order valence-electron chi connectivity index (χ2n) is 10.7. The topological polar surface area (TPSA) is 124 Å². The first kappa shape index (κ1) is 33.8. The first-order valence-electron chi connectivity index (χ1n) is 14.2. The van der Waals surface area contributed by atoms with Gasteiger partial charge in [0, 0.05) is 41.8 Å². The Kier molecular flexibility index (Phi) is 10.7. The van der Waals surface area contributed by atoms with Crippen molar-refractivity contribution in [1.82, 2.24) is 10.2 Å². The van der Waals surface area contributed by atoms with Gasteiger partial charge in [0.1, 0.15) is 6.04 Å². The quantitative estimate of drug-likeness (QED) is 0.175. The fourth-order valence-electron chi connectivity index (χ4n) is 4.97. The Bertz CT molecular complexity index is 1840. The number of unbranched alkanes of at least 4 members (excludes halogenated alkanes) is 1. The fourth-order valence-corrected chi connectivity index (χ4v) is 7.33. The number of nitrogens with one attached hydrogen (secondary N) is 1. The molecule has 0 aromatic heterocycles. The zero-order valence-corrected chi connectivity index (χ0v) is 27.3. The van der Waals surface area contributed by atoms with Crippen molar-refractivity contribution in [1.29, 1.82) is 0 Å². The van der Waals surface area contributed by atoms with Gasteiger partial charge in [-0.2, -0.15) is 0 Å². The molecule has 0 heterocycles. The summed E-state index contributed by atoms with van der Waals surface area (Å²) in [7, 11) is -1.12. The Hall–Kier alpha value is -4.12. The molecule has 236 valence electrons. The Morgan fingerprint density at radius 2 is 1.60 bits per heavy atom. The number of benzene rings is 4. The minimum Gasteiger partial charge on any atom is -0.480 e. The highest BCUT2D eigenvalue weighted by molar-refractivity contribution is 7.93. The average Bonchev–Trinajstić information content (AvgIpc) is 3.00. The van der Waals surface area contributed by atoms with Gasteiger partial charge in [-0.25, -0.2) is 13.2 Å². The predicted octanol–water partition coefficient (Wildman–Crippen LogP) is 6.62. The predicted molar refractivity (Wildman–Crippen MR) is 177 cm³/mol. The second-order valence-corrected chi connectivity index (χ2v) is 13.4. The number of carbonyl (C=O) groups excluding carboxylic acids is 2. The van der Waals surface area contributed by atoms with Crippen LogP contribution in [0, 0.1) is 0 Å². The third-order valence-electron chi connectivity index (χ3n) is 7.19. The fraction of sp³-hybridized carbons (Fsp3) is 0.242. The summed E-state index contributed by atoms with van der Waals surface area (Å²) in [4.78, 5) is 39.4. The molecule has 0 bridgehead atoms. The minimum absolute atomic E-state index is 0.0706. The number of carbonyl (C=O) groups is 3. The van der Waals surface area contributed by atoms with Crippen molar-refractivity contribution < 1.29 is 27.9 Å². The molecule has 45 heavy (non-hydrogen) atoms. The molecule has 0 saturated carbocycles. The number of carboxylic acids is 1. The van der Waals surface area contributed by atoms with E-state index in [4.69, 9.17) is 23.2 Å². The van der Waals surface area contributed by atoms with E-state index in [2.05, 4.69) is 5.32 Å². The van der Waals surface area contributed by atoms with E-state index in [1.165, 1.54) is 29.2 Å². The number of halogens is 2. The number of rotatable bonds is 12. The van der Waals surface area contributed by atoms with Crippen molar-refractivity contribution in [3.05, 3.63) is 106 Å². The number of hydrogen-bond donors (Lipinski definition) is 2. The number of carboxylic acid groups (broad SMARTS) is 1. The molecule has 0 fully saturated rings. The summed E-state index contributed by atoms with van der Waals surface area (Å²) in [5.41, 5.74) is 1.70. The van der Waals surface area contributed by atoms with E-state index in [-0.39, 0.29) is 45.4 Å². The molecule has 4 aromatic carbocycles. The third kappa shape index (κ3) is 7.76. The summed E-state index contributed by atoms with van der Waals surface area (Å²) in [5.74, 6) is -1.82. The van der Waals surface area contributed by atoms with Crippen molar-refractivity contribution in [2.24, 2.45) is 0 Å². The van der Waals surface area contributed by atoms with Gasteiger partial charge in [-0.3, -0.25) is 13.9 Å². The first-order chi connectivity index (χ1) is 21.3. The average molecular weight is 671 g/mol. The highest BCUT2D eigenvalue weighted by atomic mass is 35.5. The Labute approximate surface area is 272 Å². The van der Waals surface area contributed by atoms with Gasteiger partial charge < -0.3 is 15.3 Å². The molecule has 0 aliphatic rings. The van der Waals surface area contributed by atoms with Gasteiger partial charge in [0.15, 0.2) is 0 Å². The van der Waals surface area contributed by atoms with Crippen LogP contribution in [0.1, 0.15) is 52.5 Å². The van der Waals surface area contributed by atoms with E-state index in [1.807, 2.05) is 13.0 Å². The number of aliphatic carboxylic acids is 1. The summed E-state index contributed by atoms with van der Waals surface area (Å²) in [5, 5.41) is 14.3. The molecule has 12 heteroatoms. The summed E-state index contributed by atoms with van der Waals surface area (Å²) in [6.45, 7) is 2.06. The number of sulfonamides is 1. The van der Waals surface area contributed by atoms with Crippen LogP contribution in [0.4, 0.5) is 5.69 Å². The van der Waals surface area contributed by atoms with Crippen LogP contribution in [0.3, 0.4) is 0 Å². The van der Waals surface area contributed by atoms with Gasteiger partial charge in [0.05, 0.1) is 10.6 Å². The zero-order valence-electron chi connectivity index (χ0n) is 25.0. The number of fused-ring (bicyclic) bond motifs is 1. The first-order valence-corrected chi connectivity index (χ1v) is 16.4. The van der Waals surface area contributed by atoms with Crippen LogP contribution in [0.5, 0.6) is 0 Å². The molecular weight excluding hydrogens is 637 g/mol. The van der Waals surface area contributed by atoms with Gasteiger partial charge in [-0.1, -0.05) is 73.3 Å². The molecule has 4 aromatic rings. The smallest absolute Gasteiger partial charge is 0.327 e. The lowest BCUT2D eigenvalue weighted by Gasteiger charge is -2.30. The van der Waals surface area contributed by atoms with Gasteiger partial charge in [-0.15, -0.1) is 0 Å². The van der Waals surface area contributed by atoms with E-state index in [0.29, 0.717) is 34.7 Å². The number of amides is 2. The summed E-state index contributed by atoms with van der Waals surface area (Å²) in [6, 6.07) is 19.1. The molecule has 0 saturated heterocycles. The molecule has 2 amide bonds. The van der Waals surface area contributed by atoms with E-state index in [0.717, 1.165) is 9.87 Å². The monoisotopic (exact) mass is 669 g/mol. The lowest BCUT2D eigenvalue weighted by Crippen LogP contribution is -2.45. The third-order valence-corrected chi connectivity index (χ3v) is 9.44. The van der Waals surface area contributed by atoms with E-state index in [9.17, 15) is 27.9 Å². The maximum Gasteiger partial charge on any atom is 0.327 e. The minimum atomic E-state index is -4.45. The van der Waals surface area contributed by atoms with E-state index in [1.54, 1.807) is 62.6 Å². The van der Waals surface area contributed by atoms with Crippen molar-refractivity contribution in [3.63, 3.8) is 0 Å². The largest absolute Gasteiger partial charge is 0.480 e. The molecule has 0 aliphatic heterocycles. The Morgan fingerprint density at radius 3 is 2.24 bits per heavy atom.